The highest BCUT2D eigenvalue weighted by molar-refractivity contribution is 7.98. The number of hydrogen-bond acceptors (Lipinski definition) is 4. The van der Waals surface area contributed by atoms with Gasteiger partial charge >= 0.3 is 0 Å². The second kappa shape index (κ2) is 6.91. The van der Waals surface area contributed by atoms with Crippen LogP contribution in [-0.4, -0.2) is 42.5 Å². The molecule has 3 nitrogen and oxygen atoms in total. The first-order valence-corrected chi connectivity index (χ1v) is 6.57. The summed E-state index contributed by atoms with van der Waals surface area (Å²) in [7, 11) is 1.99. The number of aliphatic hydroxyl groups excluding tert-OH is 1. The van der Waals surface area contributed by atoms with Gasteiger partial charge in [0.2, 0.25) is 0 Å². The molecule has 3 N–H and O–H groups in total. The lowest BCUT2D eigenvalue weighted by atomic mass is 10.2. The first-order chi connectivity index (χ1) is 7.65. The van der Waals surface area contributed by atoms with Crippen molar-refractivity contribution in [3.05, 3.63) is 29.8 Å². The van der Waals surface area contributed by atoms with Crippen molar-refractivity contribution in [3.63, 3.8) is 0 Å². The zero-order valence-electron chi connectivity index (χ0n) is 9.89. The molecule has 0 aromatic heterocycles. The second-order valence-corrected chi connectivity index (χ2v) is 4.81. The molecule has 1 unspecified atom stereocenters. The summed E-state index contributed by atoms with van der Waals surface area (Å²) >= 11 is 1.74. The van der Waals surface area contributed by atoms with Crippen molar-refractivity contribution in [1.29, 1.82) is 0 Å². The van der Waals surface area contributed by atoms with Crippen molar-refractivity contribution >= 4 is 11.8 Å². The maximum absolute atomic E-state index is 9.42. The molecular weight excluding hydrogens is 220 g/mol. The van der Waals surface area contributed by atoms with E-state index in [1.165, 1.54) is 10.5 Å². The van der Waals surface area contributed by atoms with Gasteiger partial charge in [-0.1, -0.05) is 12.1 Å². The van der Waals surface area contributed by atoms with E-state index in [-0.39, 0.29) is 0 Å². The Labute approximate surface area is 102 Å². The topological polar surface area (TPSA) is 49.5 Å². The summed E-state index contributed by atoms with van der Waals surface area (Å²) in [6.45, 7) is 1.77. The Morgan fingerprint density at radius 2 is 2.00 bits per heavy atom. The molecule has 1 rings (SSSR count). The van der Waals surface area contributed by atoms with Crippen molar-refractivity contribution in [2.24, 2.45) is 5.73 Å². The molecule has 0 fully saturated rings. The van der Waals surface area contributed by atoms with Crippen LogP contribution in [-0.2, 0) is 6.54 Å². The smallest absolute Gasteiger partial charge is 0.0789 e. The summed E-state index contributed by atoms with van der Waals surface area (Å²) < 4.78 is 0. The van der Waals surface area contributed by atoms with Crippen LogP contribution in [0.2, 0.25) is 0 Å². The number of hydrogen-bond donors (Lipinski definition) is 2. The van der Waals surface area contributed by atoms with Crippen LogP contribution in [0.4, 0.5) is 0 Å². The lowest BCUT2D eigenvalue weighted by Crippen LogP contribution is -2.33. The average Bonchev–Trinajstić information content (AvgIpc) is 2.29. The van der Waals surface area contributed by atoms with E-state index in [2.05, 4.69) is 35.4 Å². The number of rotatable bonds is 6. The van der Waals surface area contributed by atoms with Crippen molar-refractivity contribution in [1.82, 2.24) is 4.90 Å². The van der Waals surface area contributed by atoms with Gasteiger partial charge in [0, 0.05) is 24.5 Å². The summed E-state index contributed by atoms with van der Waals surface area (Å²) in [5, 5.41) is 9.42. The first kappa shape index (κ1) is 13.5. The standard InChI is InChI=1S/C12H20N2OS/c1-14(9-11(15)7-13)8-10-3-5-12(16-2)6-4-10/h3-6,11,15H,7-9,13H2,1-2H3. The molecule has 1 aromatic carbocycles. The minimum Gasteiger partial charge on any atom is -0.390 e. The van der Waals surface area contributed by atoms with E-state index < -0.39 is 6.10 Å². The zero-order valence-corrected chi connectivity index (χ0v) is 10.7. The van der Waals surface area contributed by atoms with Gasteiger partial charge in [-0.15, -0.1) is 11.8 Å². The SMILES string of the molecule is CSc1ccc(CN(C)CC(O)CN)cc1. The molecule has 0 aliphatic rings. The van der Waals surface area contributed by atoms with Gasteiger partial charge in [0.25, 0.3) is 0 Å². The minimum atomic E-state index is -0.435. The van der Waals surface area contributed by atoms with Gasteiger partial charge in [-0.05, 0) is 31.0 Å². The van der Waals surface area contributed by atoms with Crippen LogP contribution in [0.25, 0.3) is 0 Å². The number of nitrogens with zero attached hydrogens (tertiary/aromatic N) is 1. The molecular formula is C12H20N2OS. The zero-order chi connectivity index (χ0) is 12.0. The van der Waals surface area contributed by atoms with E-state index in [1.807, 2.05) is 7.05 Å². The van der Waals surface area contributed by atoms with E-state index in [9.17, 15) is 5.11 Å². The Morgan fingerprint density at radius 1 is 1.38 bits per heavy atom. The highest BCUT2D eigenvalue weighted by Crippen LogP contribution is 2.15. The fourth-order valence-electron chi connectivity index (χ4n) is 1.54. The molecule has 1 atom stereocenters. The van der Waals surface area contributed by atoms with Crippen LogP contribution in [0.5, 0.6) is 0 Å². The fourth-order valence-corrected chi connectivity index (χ4v) is 1.95. The van der Waals surface area contributed by atoms with Crippen molar-refractivity contribution in [3.8, 4) is 0 Å². The van der Waals surface area contributed by atoms with Gasteiger partial charge < -0.3 is 10.8 Å². The highest BCUT2D eigenvalue weighted by atomic mass is 32.2. The van der Waals surface area contributed by atoms with Crippen LogP contribution >= 0.6 is 11.8 Å². The predicted octanol–water partition coefficient (Wildman–Crippen LogP) is 1.16. The normalized spacial score (nSPS) is 13.1. The van der Waals surface area contributed by atoms with E-state index >= 15 is 0 Å². The quantitative estimate of drug-likeness (QED) is 0.733. The molecule has 1 aromatic rings. The molecule has 0 heterocycles. The Kier molecular flexibility index (Phi) is 5.84. The third-order valence-corrected chi connectivity index (χ3v) is 3.15. The predicted molar refractivity (Wildman–Crippen MR) is 69.6 cm³/mol. The van der Waals surface area contributed by atoms with Crippen molar-refractivity contribution in [2.75, 3.05) is 26.4 Å². The molecule has 0 bridgehead atoms. The summed E-state index contributed by atoms with van der Waals surface area (Å²) in [6, 6.07) is 8.48. The van der Waals surface area contributed by atoms with E-state index in [1.54, 1.807) is 11.8 Å². The summed E-state index contributed by atoms with van der Waals surface area (Å²) in [6.07, 6.45) is 1.63. The molecule has 16 heavy (non-hydrogen) atoms. The van der Waals surface area contributed by atoms with Gasteiger partial charge in [0.05, 0.1) is 6.10 Å². The summed E-state index contributed by atoms with van der Waals surface area (Å²) in [5.41, 5.74) is 6.63. The number of likely N-dealkylation sites (N-methyl/N-ethyl adjacent to an activating group) is 1. The monoisotopic (exact) mass is 240 g/mol. The molecule has 90 valence electrons. The van der Waals surface area contributed by atoms with Gasteiger partial charge in [-0.3, -0.25) is 4.90 Å². The second-order valence-electron chi connectivity index (χ2n) is 3.93. The lowest BCUT2D eigenvalue weighted by molar-refractivity contribution is 0.129. The maximum Gasteiger partial charge on any atom is 0.0789 e. The fraction of sp³-hybridized carbons (Fsp3) is 0.500. The Balaban J connectivity index is 2.46. The van der Waals surface area contributed by atoms with Gasteiger partial charge in [-0.2, -0.15) is 0 Å². The maximum atomic E-state index is 9.42. The van der Waals surface area contributed by atoms with Crippen LogP contribution in [0.1, 0.15) is 5.56 Å². The van der Waals surface area contributed by atoms with Crippen LogP contribution in [0.3, 0.4) is 0 Å². The molecule has 0 spiro atoms. The van der Waals surface area contributed by atoms with Crippen LogP contribution in [0, 0.1) is 0 Å². The molecule has 0 aliphatic carbocycles. The highest BCUT2D eigenvalue weighted by Gasteiger charge is 2.06. The third-order valence-electron chi connectivity index (χ3n) is 2.41. The molecule has 0 amide bonds. The number of benzene rings is 1. The number of aliphatic hydroxyl groups is 1. The molecule has 0 radical (unpaired) electrons. The van der Waals surface area contributed by atoms with Crippen molar-refractivity contribution in [2.45, 2.75) is 17.5 Å². The van der Waals surface area contributed by atoms with Crippen LogP contribution < -0.4 is 5.73 Å². The van der Waals surface area contributed by atoms with Crippen LogP contribution in [0.15, 0.2) is 29.2 Å². The Bertz CT molecular complexity index is 302. The Hall–Kier alpha value is -0.550. The summed E-state index contributed by atoms with van der Waals surface area (Å²) in [4.78, 5) is 3.35. The van der Waals surface area contributed by atoms with Crippen molar-refractivity contribution < 1.29 is 5.11 Å². The number of thioether (sulfide) groups is 1. The molecule has 0 aliphatic heterocycles. The Morgan fingerprint density at radius 3 is 2.50 bits per heavy atom. The van der Waals surface area contributed by atoms with Gasteiger partial charge in [0.1, 0.15) is 0 Å². The van der Waals surface area contributed by atoms with Gasteiger partial charge in [-0.25, -0.2) is 0 Å². The molecule has 0 saturated carbocycles. The first-order valence-electron chi connectivity index (χ1n) is 5.35. The average molecular weight is 240 g/mol. The molecule has 4 heteroatoms. The largest absolute Gasteiger partial charge is 0.390 e. The number of nitrogens with two attached hydrogens (primary N) is 1. The lowest BCUT2D eigenvalue weighted by Gasteiger charge is -2.19. The molecule has 0 saturated heterocycles. The van der Waals surface area contributed by atoms with Gasteiger partial charge in [0.15, 0.2) is 0 Å². The third kappa shape index (κ3) is 4.53. The van der Waals surface area contributed by atoms with E-state index in [0.29, 0.717) is 13.1 Å². The summed E-state index contributed by atoms with van der Waals surface area (Å²) in [5.74, 6) is 0. The van der Waals surface area contributed by atoms with E-state index in [0.717, 1.165) is 6.54 Å². The van der Waals surface area contributed by atoms with E-state index in [4.69, 9.17) is 5.73 Å². The minimum absolute atomic E-state index is 0.315.